The van der Waals surface area contributed by atoms with Gasteiger partial charge >= 0.3 is 0 Å². The number of unbranched alkanes of at least 4 members (excludes halogenated alkanes) is 1. The van der Waals surface area contributed by atoms with Gasteiger partial charge in [0.1, 0.15) is 0 Å². The molecule has 0 saturated carbocycles. The van der Waals surface area contributed by atoms with Crippen LogP contribution in [0.4, 0.5) is 0 Å². The van der Waals surface area contributed by atoms with E-state index in [4.69, 9.17) is 0 Å². The normalized spacial score (nSPS) is 28.5. The van der Waals surface area contributed by atoms with Gasteiger partial charge in [0.2, 0.25) is 5.91 Å². The van der Waals surface area contributed by atoms with Crippen molar-refractivity contribution >= 4 is 5.91 Å². The summed E-state index contributed by atoms with van der Waals surface area (Å²) >= 11 is 0. The molecular formula is C14H24N2O. The van der Waals surface area contributed by atoms with Gasteiger partial charge in [-0.1, -0.05) is 19.9 Å². The second-order valence-corrected chi connectivity index (χ2v) is 5.62. The quantitative estimate of drug-likeness (QED) is 0.694. The minimum absolute atomic E-state index is 0.152. The lowest BCUT2D eigenvalue weighted by Crippen LogP contribution is -2.33. The Bertz CT molecular complexity index is 299. The Hall–Kier alpha value is -0.830. The van der Waals surface area contributed by atoms with Crippen molar-refractivity contribution < 1.29 is 4.79 Å². The van der Waals surface area contributed by atoms with E-state index in [-0.39, 0.29) is 5.91 Å². The van der Waals surface area contributed by atoms with E-state index in [9.17, 15) is 4.79 Å². The Morgan fingerprint density at radius 1 is 1.24 bits per heavy atom. The summed E-state index contributed by atoms with van der Waals surface area (Å²) in [6.45, 7) is 13.3. The Balaban J connectivity index is 1.83. The first-order valence-corrected chi connectivity index (χ1v) is 6.79. The lowest BCUT2D eigenvalue weighted by Gasteiger charge is -2.21. The van der Waals surface area contributed by atoms with Crippen LogP contribution in [0.1, 0.15) is 26.7 Å². The molecule has 0 spiro atoms. The lowest BCUT2D eigenvalue weighted by atomic mass is 10.0. The standard InChI is InChI=1S/C14H24N2O/c1-4-5-6-15-7-12-9-16(10-13(12)8-15)14(17)11(2)3/h12-13H,2,4-10H2,1,3H3. The molecule has 0 bridgehead atoms. The van der Waals surface area contributed by atoms with Crippen LogP contribution in [0, 0.1) is 11.8 Å². The maximum atomic E-state index is 11.8. The van der Waals surface area contributed by atoms with Gasteiger partial charge in [-0.2, -0.15) is 0 Å². The van der Waals surface area contributed by atoms with Gasteiger partial charge in [0, 0.05) is 31.8 Å². The summed E-state index contributed by atoms with van der Waals surface area (Å²) in [5, 5.41) is 0. The van der Waals surface area contributed by atoms with E-state index in [0.29, 0.717) is 17.4 Å². The van der Waals surface area contributed by atoms with E-state index in [1.807, 2.05) is 11.8 Å². The molecule has 96 valence electrons. The van der Waals surface area contributed by atoms with Crippen LogP contribution in [0.2, 0.25) is 0 Å². The molecule has 2 saturated heterocycles. The van der Waals surface area contributed by atoms with Gasteiger partial charge in [-0.25, -0.2) is 0 Å². The second-order valence-electron chi connectivity index (χ2n) is 5.62. The van der Waals surface area contributed by atoms with E-state index in [0.717, 1.165) is 13.1 Å². The molecule has 0 aromatic carbocycles. The average molecular weight is 236 g/mol. The van der Waals surface area contributed by atoms with Crippen LogP contribution < -0.4 is 0 Å². The smallest absolute Gasteiger partial charge is 0.248 e. The molecule has 1 amide bonds. The van der Waals surface area contributed by atoms with Gasteiger partial charge in [-0.05, 0) is 31.7 Å². The van der Waals surface area contributed by atoms with Gasteiger partial charge in [-0.3, -0.25) is 4.79 Å². The molecule has 2 aliphatic rings. The molecule has 0 aromatic heterocycles. The maximum Gasteiger partial charge on any atom is 0.248 e. The topological polar surface area (TPSA) is 23.6 Å². The van der Waals surface area contributed by atoms with Crippen molar-refractivity contribution in [3.8, 4) is 0 Å². The maximum absolute atomic E-state index is 11.8. The van der Waals surface area contributed by atoms with Crippen molar-refractivity contribution in [3.05, 3.63) is 12.2 Å². The summed E-state index contributed by atoms with van der Waals surface area (Å²) in [5.41, 5.74) is 0.674. The molecule has 0 aliphatic carbocycles. The number of hydrogen-bond donors (Lipinski definition) is 0. The highest BCUT2D eigenvalue weighted by molar-refractivity contribution is 5.92. The van der Waals surface area contributed by atoms with Gasteiger partial charge in [0.05, 0.1) is 0 Å². The summed E-state index contributed by atoms with van der Waals surface area (Å²) in [6.07, 6.45) is 2.57. The van der Waals surface area contributed by atoms with Crippen molar-refractivity contribution in [2.24, 2.45) is 11.8 Å². The monoisotopic (exact) mass is 236 g/mol. The number of hydrogen-bond acceptors (Lipinski definition) is 2. The van der Waals surface area contributed by atoms with Crippen molar-refractivity contribution in [2.75, 3.05) is 32.7 Å². The summed E-state index contributed by atoms with van der Waals surface area (Å²) < 4.78 is 0. The van der Waals surface area contributed by atoms with Gasteiger partial charge < -0.3 is 9.80 Å². The second kappa shape index (κ2) is 5.21. The molecule has 2 heterocycles. The van der Waals surface area contributed by atoms with Crippen LogP contribution in [0.3, 0.4) is 0 Å². The molecule has 0 N–H and O–H groups in total. The third-order valence-electron chi connectivity index (χ3n) is 4.04. The van der Waals surface area contributed by atoms with Crippen molar-refractivity contribution in [3.63, 3.8) is 0 Å². The van der Waals surface area contributed by atoms with Crippen molar-refractivity contribution in [1.82, 2.24) is 9.80 Å². The predicted octanol–water partition coefficient (Wildman–Crippen LogP) is 1.75. The van der Waals surface area contributed by atoms with E-state index < -0.39 is 0 Å². The molecule has 3 nitrogen and oxygen atoms in total. The minimum atomic E-state index is 0.152. The van der Waals surface area contributed by atoms with E-state index in [2.05, 4.69) is 18.4 Å². The van der Waals surface area contributed by atoms with Crippen LogP contribution in [0.25, 0.3) is 0 Å². The fourth-order valence-corrected chi connectivity index (χ4v) is 3.09. The van der Waals surface area contributed by atoms with E-state index >= 15 is 0 Å². The first kappa shape index (κ1) is 12.6. The van der Waals surface area contributed by atoms with Crippen LogP contribution in [0.15, 0.2) is 12.2 Å². The molecule has 2 atom stereocenters. The van der Waals surface area contributed by atoms with E-state index in [1.54, 1.807) is 0 Å². The number of likely N-dealkylation sites (tertiary alicyclic amines) is 2. The summed E-state index contributed by atoms with van der Waals surface area (Å²) in [5.74, 6) is 1.56. The Kier molecular flexibility index (Phi) is 3.87. The first-order chi connectivity index (χ1) is 8.11. The fraction of sp³-hybridized carbons (Fsp3) is 0.786. The van der Waals surface area contributed by atoms with Crippen LogP contribution in [-0.4, -0.2) is 48.4 Å². The number of carbonyl (C=O) groups excluding carboxylic acids is 1. The number of nitrogens with zero attached hydrogens (tertiary/aromatic N) is 2. The molecule has 2 unspecified atom stereocenters. The summed E-state index contributed by atoms with van der Waals surface area (Å²) in [6, 6.07) is 0. The van der Waals surface area contributed by atoms with Gasteiger partial charge in [0.15, 0.2) is 0 Å². The average Bonchev–Trinajstić information content (AvgIpc) is 2.82. The highest BCUT2D eigenvalue weighted by Gasteiger charge is 2.41. The zero-order valence-corrected chi connectivity index (χ0v) is 11.1. The number of amides is 1. The fourth-order valence-electron chi connectivity index (χ4n) is 3.09. The summed E-state index contributed by atoms with van der Waals surface area (Å²) in [7, 11) is 0. The largest absolute Gasteiger partial charge is 0.338 e. The van der Waals surface area contributed by atoms with Crippen LogP contribution in [-0.2, 0) is 4.79 Å². The third kappa shape index (κ3) is 2.71. The molecular weight excluding hydrogens is 212 g/mol. The van der Waals surface area contributed by atoms with Crippen molar-refractivity contribution in [1.29, 1.82) is 0 Å². The Labute approximate surface area is 104 Å². The highest BCUT2D eigenvalue weighted by atomic mass is 16.2. The molecule has 0 radical (unpaired) electrons. The Morgan fingerprint density at radius 2 is 1.82 bits per heavy atom. The highest BCUT2D eigenvalue weighted by Crippen LogP contribution is 2.31. The van der Waals surface area contributed by atoms with E-state index in [1.165, 1.54) is 32.5 Å². The first-order valence-electron chi connectivity index (χ1n) is 6.79. The lowest BCUT2D eigenvalue weighted by molar-refractivity contribution is -0.126. The van der Waals surface area contributed by atoms with Crippen LogP contribution >= 0.6 is 0 Å². The minimum Gasteiger partial charge on any atom is -0.338 e. The van der Waals surface area contributed by atoms with Crippen molar-refractivity contribution in [2.45, 2.75) is 26.7 Å². The molecule has 0 aromatic rings. The molecule has 2 rings (SSSR count). The SMILES string of the molecule is C=C(C)C(=O)N1CC2CN(CCCC)CC2C1. The molecule has 17 heavy (non-hydrogen) atoms. The zero-order chi connectivity index (χ0) is 12.4. The van der Waals surface area contributed by atoms with Gasteiger partial charge in [0.25, 0.3) is 0 Å². The third-order valence-corrected chi connectivity index (χ3v) is 4.04. The molecule has 3 heteroatoms. The van der Waals surface area contributed by atoms with Gasteiger partial charge in [-0.15, -0.1) is 0 Å². The number of rotatable bonds is 4. The zero-order valence-electron chi connectivity index (χ0n) is 11.1. The Morgan fingerprint density at radius 3 is 2.29 bits per heavy atom. The van der Waals surface area contributed by atoms with Crippen LogP contribution in [0.5, 0.6) is 0 Å². The summed E-state index contributed by atoms with van der Waals surface area (Å²) in [4.78, 5) is 16.4. The molecule has 2 fully saturated rings. The molecule has 2 aliphatic heterocycles. The predicted molar refractivity (Wildman–Crippen MR) is 69.7 cm³/mol. The number of carbonyl (C=O) groups is 1. The number of fused-ring (bicyclic) bond motifs is 1.